The first-order valence-corrected chi connectivity index (χ1v) is 9.51. The van der Waals surface area contributed by atoms with Crippen LogP contribution in [-0.4, -0.2) is 14.1 Å². The Balaban J connectivity index is 2.02. The second-order valence-corrected chi connectivity index (χ2v) is 8.36. The molecule has 1 aliphatic rings. The van der Waals surface area contributed by atoms with Gasteiger partial charge in [0.1, 0.15) is 0 Å². The minimum absolute atomic E-state index is 0.272. The summed E-state index contributed by atoms with van der Waals surface area (Å²) >= 11 is 0. The minimum atomic E-state index is -3.56. The lowest BCUT2D eigenvalue weighted by Crippen LogP contribution is -2.22. The van der Waals surface area contributed by atoms with Crippen molar-refractivity contribution in [2.24, 2.45) is 16.9 Å². The highest BCUT2D eigenvalue weighted by Gasteiger charge is 2.16. The zero-order valence-corrected chi connectivity index (χ0v) is 14.5. The Bertz CT molecular complexity index is 609. The molecule has 0 radical (unpaired) electrons. The molecule has 1 aromatic rings. The van der Waals surface area contributed by atoms with Crippen molar-refractivity contribution in [3.63, 3.8) is 0 Å². The maximum atomic E-state index is 12.3. The number of hydrogen-bond donors (Lipinski definition) is 1. The molecule has 1 aliphatic carbocycles. The van der Waals surface area contributed by atoms with E-state index in [1.807, 2.05) is 12.1 Å². The van der Waals surface area contributed by atoms with E-state index in [0.717, 1.165) is 43.4 Å². The molecule has 1 fully saturated rings. The summed E-state index contributed by atoms with van der Waals surface area (Å²) in [6.45, 7) is 6.51. The van der Waals surface area contributed by atoms with Crippen molar-refractivity contribution in [3.05, 3.63) is 29.8 Å². The van der Waals surface area contributed by atoms with Crippen LogP contribution in [-0.2, 0) is 16.4 Å². The molecule has 0 amide bonds. The Kier molecular flexibility index (Phi) is 5.62. The largest absolute Gasteiger partial charge is 0.276 e. The van der Waals surface area contributed by atoms with E-state index < -0.39 is 10.0 Å². The molecule has 0 heterocycles. The molecule has 0 saturated heterocycles. The quantitative estimate of drug-likeness (QED) is 0.840. The number of nitrogens with zero attached hydrogens (tertiary/aromatic N) is 1. The van der Waals surface area contributed by atoms with E-state index >= 15 is 0 Å². The molecule has 122 valence electrons. The van der Waals surface area contributed by atoms with Crippen LogP contribution in [0.3, 0.4) is 0 Å². The smallest absolute Gasteiger partial charge is 0.200 e. The van der Waals surface area contributed by atoms with Crippen molar-refractivity contribution >= 4 is 15.7 Å². The van der Waals surface area contributed by atoms with Gasteiger partial charge in [-0.3, -0.25) is 0 Å². The molecular formula is C17H26N2O2S. The molecule has 0 spiro atoms. The third kappa shape index (κ3) is 4.83. The fraction of sp³-hybridized carbons (Fsp3) is 0.588. The molecule has 0 aromatic heterocycles. The SMILES string of the molecule is CC(C)Cc1ccc(S(=O)(=O)NN=C2CCC(C)CC2)cc1. The number of hydrazone groups is 1. The van der Waals surface area contributed by atoms with E-state index in [2.05, 4.69) is 30.7 Å². The highest BCUT2D eigenvalue weighted by Crippen LogP contribution is 2.21. The van der Waals surface area contributed by atoms with Crippen molar-refractivity contribution in [3.8, 4) is 0 Å². The van der Waals surface area contributed by atoms with Crippen molar-refractivity contribution in [2.45, 2.75) is 57.8 Å². The van der Waals surface area contributed by atoms with Crippen LogP contribution in [0.25, 0.3) is 0 Å². The lowest BCUT2D eigenvalue weighted by atomic mass is 9.90. The molecule has 22 heavy (non-hydrogen) atoms. The Labute approximate surface area is 134 Å². The van der Waals surface area contributed by atoms with Crippen LogP contribution in [0.1, 0.15) is 52.0 Å². The summed E-state index contributed by atoms with van der Waals surface area (Å²) in [5, 5.41) is 4.12. The van der Waals surface area contributed by atoms with Gasteiger partial charge in [-0.2, -0.15) is 13.5 Å². The Morgan fingerprint density at radius 3 is 2.32 bits per heavy atom. The monoisotopic (exact) mass is 322 g/mol. The number of sulfonamides is 1. The summed E-state index contributed by atoms with van der Waals surface area (Å²) in [4.78, 5) is 2.65. The molecule has 2 rings (SSSR count). The topological polar surface area (TPSA) is 58.5 Å². The van der Waals surface area contributed by atoms with Crippen molar-refractivity contribution < 1.29 is 8.42 Å². The molecule has 5 heteroatoms. The molecule has 4 nitrogen and oxygen atoms in total. The van der Waals surface area contributed by atoms with Crippen LogP contribution < -0.4 is 4.83 Å². The molecule has 1 aromatic carbocycles. The third-order valence-corrected chi connectivity index (χ3v) is 5.28. The normalized spacial score (nSPS) is 19.3. The first kappa shape index (κ1) is 17.0. The number of nitrogens with one attached hydrogen (secondary N) is 1. The Morgan fingerprint density at radius 2 is 1.77 bits per heavy atom. The van der Waals surface area contributed by atoms with E-state index in [-0.39, 0.29) is 4.90 Å². The summed E-state index contributed by atoms with van der Waals surface area (Å²) in [6.07, 6.45) is 4.90. The fourth-order valence-electron chi connectivity index (χ4n) is 2.66. The minimum Gasteiger partial charge on any atom is -0.200 e. The van der Waals surface area contributed by atoms with Crippen molar-refractivity contribution in [1.82, 2.24) is 4.83 Å². The van der Waals surface area contributed by atoms with Gasteiger partial charge in [0.2, 0.25) is 0 Å². The Hall–Kier alpha value is -1.36. The fourth-order valence-corrected chi connectivity index (χ4v) is 3.51. The lowest BCUT2D eigenvalue weighted by Gasteiger charge is -2.18. The average Bonchev–Trinajstić information content (AvgIpc) is 2.47. The summed E-state index contributed by atoms with van der Waals surface area (Å²) < 4.78 is 24.5. The molecule has 0 aliphatic heterocycles. The predicted molar refractivity (Wildman–Crippen MR) is 90.4 cm³/mol. The summed E-state index contributed by atoms with van der Waals surface area (Å²) in [5.41, 5.74) is 2.11. The van der Waals surface area contributed by atoms with Gasteiger partial charge in [-0.1, -0.05) is 32.9 Å². The van der Waals surface area contributed by atoms with Gasteiger partial charge in [-0.25, -0.2) is 4.83 Å². The van der Waals surface area contributed by atoms with Gasteiger partial charge in [-0.15, -0.1) is 0 Å². The van der Waals surface area contributed by atoms with Gasteiger partial charge >= 0.3 is 0 Å². The van der Waals surface area contributed by atoms with Gasteiger partial charge in [0.15, 0.2) is 0 Å². The molecule has 1 N–H and O–H groups in total. The van der Waals surface area contributed by atoms with Gasteiger partial charge in [0.05, 0.1) is 4.90 Å². The molecule has 0 unspecified atom stereocenters. The summed E-state index contributed by atoms with van der Waals surface area (Å²) in [5.74, 6) is 1.27. The van der Waals surface area contributed by atoms with Gasteiger partial charge in [-0.05, 0) is 61.6 Å². The van der Waals surface area contributed by atoms with Crippen molar-refractivity contribution in [2.75, 3.05) is 0 Å². The van der Waals surface area contributed by atoms with E-state index in [0.29, 0.717) is 11.8 Å². The number of rotatable bonds is 5. The van der Waals surface area contributed by atoms with Gasteiger partial charge in [0.25, 0.3) is 10.0 Å². The van der Waals surface area contributed by atoms with E-state index in [9.17, 15) is 8.42 Å². The van der Waals surface area contributed by atoms with Crippen molar-refractivity contribution in [1.29, 1.82) is 0 Å². The van der Waals surface area contributed by atoms with Gasteiger partial charge in [0, 0.05) is 5.71 Å². The second kappa shape index (κ2) is 7.27. The zero-order chi connectivity index (χ0) is 16.2. The van der Waals surface area contributed by atoms with Crippen LogP contribution in [0.2, 0.25) is 0 Å². The van der Waals surface area contributed by atoms with Crippen LogP contribution in [0, 0.1) is 11.8 Å². The van der Waals surface area contributed by atoms with Crippen LogP contribution >= 0.6 is 0 Å². The first-order valence-electron chi connectivity index (χ1n) is 8.03. The zero-order valence-electron chi connectivity index (χ0n) is 13.7. The summed E-state index contributed by atoms with van der Waals surface area (Å²) in [7, 11) is -3.56. The third-order valence-electron chi connectivity index (χ3n) is 4.05. The molecule has 0 atom stereocenters. The van der Waals surface area contributed by atoms with E-state index in [4.69, 9.17) is 0 Å². The maximum absolute atomic E-state index is 12.3. The highest BCUT2D eigenvalue weighted by atomic mass is 32.2. The predicted octanol–water partition coefficient (Wildman–Crippen LogP) is 3.73. The van der Waals surface area contributed by atoms with Crippen LogP contribution in [0.15, 0.2) is 34.3 Å². The van der Waals surface area contributed by atoms with Crippen LogP contribution in [0.5, 0.6) is 0 Å². The van der Waals surface area contributed by atoms with E-state index in [1.165, 1.54) is 0 Å². The molecular weight excluding hydrogens is 296 g/mol. The van der Waals surface area contributed by atoms with Gasteiger partial charge < -0.3 is 0 Å². The highest BCUT2D eigenvalue weighted by molar-refractivity contribution is 7.89. The first-order chi connectivity index (χ1) is 10.4. The number of hydrogen-bond acceptors (Lipinski definition) is 3. The number of benzene rings is 1. The summed E-state index contributed by atoms with van der Waals surface area (Å²) in [6, 6.07) is 7.07. The lowest BCUT2D eigenvalue weighted by molar-refractivity contribution is 0.482. The molecule has 1 saturated carbocycles. The maximum Gasteiger partial charge on any atom is 0.276 e. The van der Waals surface area contributed by atoms with E-state index in [1.54, 1.807) is 12.1 Å². The van der Waals surface area contributed by atoms with Crippen LogP contribution in [0.4, 0.5) is 0 Å². The average molecular weight is 322 g/mol. The Morgan fingerprint density at radius 1 is 1.18 bits per heavy atom. The standard InChI is InChI=1S/C17H26N2O2S/c1-13(2)12-15-6-10-17(11-7-15)22(20,21)19-18-16-8-4-14(3)5-9-16/h6-7,10-11,13-14,19H,4-5,8-9,12H2,1-3H3. The second-order valence-electron chi connectivity index (χ2n) is 6.70. The molecule has 0 bridgehead atoms.